The summed E-state index contributed by atoms with van der Waals surface area (Å²) in [7, 11) is 0. The molecule has 0 atom stereocenters. The summed E-state index contributed by atoms with van der Waals surface area (Å²) in [6.07, 6.45) is 4.78. The van der Waals surface area contributed by atoms with E-state index in [1.54, 1.807) is 12.1 Å². The number of carbonyl (C=O) groups is 1. The largest absolute Gasteiger partial charge is 0.486 e. The Morgan fingerprint density at radius 3 is 2.40 bits per heavy atom. The average Bonchev–Trinajstić information content (AvgIpc) is 3.21. The highest BCUT2D eigenvalue weighted by Gasteiger charge is 2.43. The van der Waals surface area contributed by atoms with Crippen molar-refractivity contribution < 1.29 is 14.3 Å². The van der Waals surface area contributed by atoms with Crippen molar-refractivity contribution in [2.24, 2.45) is 5.73 Å². The quantitative estimate of drug-likeness (QED) is 0.719. The highest BCUT2D eigenvalue weighted by molar-refractivity contribution is 7.80. The fourth-order valence-electron chi connectivity index (χ4n) is 5.01. The molecule has 1 aliphatic carbocycles. The lowest BCUT2D eigenvalue weighted by Crippen LogP contribution is -2.48. The van der Waals surface area contributed by atoms with Crippen molar-refractivity contribution in [2.45, 2.75) is 37.6 Å². The lowest BCUT2D eigenvalue weighted by atomic mass is 9.73. The predicted octanol–water partition coefficient (Wildman–Crippen LogP) is 3.58. The van der Waals surface area contributed by atoms with Crippen LogP contribution in [0.1, 0.15) is 47.2 Å². The van der Waals surface area contributed by atoms with Gasteiger partial charge in [0.15, 0.2) is 16.6 Å². The summed E-state index contributed by atoms with van der Waals surface area (Å²) in [6, 6.07) is 11.4. The Balaban J connectivity index is 1.42. The smallest absolute Gasteiger partial charge is 0.248 e. The van der Waals surface area contributed by atoms with Crippen LogP contribution in [0.2, 0.25) is 0 Å². The minimum Gasteiger partial charge on any atom is -0.486 e. The zero-order valence-corrected chi connectivity index (χ0v) is 17.6. The van der Waals surface area contributed by atoms with Gasteiger partial charge in [-0.1, -0.05) is 12.8 Å². The molecule has 1 saturated carbocycles. The second-order valence-electron chi connectivity index (χ2n) is 8.37. The first-order valence-corrected chi connectivity index (χ1v) is 10.8. The van der Waals surface area contributed by atoms with Gasteiger partial charge in [-0.25, -0.2) is 0 Å². The Morgan fingerprint density at radius 2 is 1.73 bits per heavy atom. The lowest BCUT2D eigenvalue weighted by Gasteiger charge is -2.43. The molecular weight excluding hydrogens is 398 g/mol. The van der Waals surface area contributed by atoms with Gasteiger partial charge in [0.2, 0.25) is 5.91 Å². The number of benzene rings is 2. The number of rotatable bonds is 2. The van der Waals surface area contributed by atoms with E-state index in [0.717, 1.165) is 43.1 Å². The van der Waals surface area contributed by atoms with Crippen LogP contribution in [0.4, 0.5) is 5.69 Å². The summed E-state index contributed by atoms with van der Waals surface area (Å²) in [5.74, 6) is 1.26. The van der Waals surface area contributed by atoms with Gasteiger partial charge in [-0.15, -0.1) is 0 Å². The third-order valence-corrected chi connectivity index (χ3v) is 6.82. The maximum atomic E-state index is 11.3. The van der Waals surface area contributed by atoms with Crippen molar-refractivity contribution in [2.75, 3.05) is 25.1 Å². The lowest BCUT2D eigenvalue weighted by molar-refractivity contribution is 0.100. The molecule has 0 radical (unpaired) electrons. The van der Waals surface area contributed by atoms with Crippen molar-refractivity contribution in [1.82, 2.24) is 4.90 Å². The number of nitrogens with one attached hydrogen (secondary N) is 1. The van der Waals surface area contributed by atoms with E-state index in [1.807, 2.05) is 12.1 Å². The molecule has 30 heavy (non-hydrogen) atoms. The Hall–Kier alpha value is -2.80. The van der Waals surface area contributed by atoms with Crippen LogP contribution in [0, 0.1) is 0 Å². The molecule has 0 saturated heterocycles. The summed E-state index contributed by atoms with van der Waals surface area (Å²) in [5.41, 5.74) is 9.42. The summed E-state index contributed by atoms with van der Waals surface area (Å²) in [5, 5.41) is 4.02. The van der Waals surface area contributed by atoms with E-state index in [-0.39, 0.29) is 5.41 Å². The molecule has 156 valence electrons. The highest BCUT2D eigenvalue weighted by Crippen LogP contribution is 2.49. The number of thiocarbonyl (C=S) groups is 1. The van der Waals surface area contributed by atoms with Gasteiger partial charge in [-0.05, 0) is 72.6 Å². The van der Waals surface area contributed by atoms with Gasteiger partial charge in [0.25, 0.3) is 0 Å². The van der Waals surface area contributed by atoms with Gasteiger partial charge in [-0.2, -0.15) is 0 Å². The van der Waals surface area contributed by atoms with Gasteiger partial charge in [0, 0.05) is 29.8 Å². The van der Waals surface area contributed by atoms with E-state index in [4.69, 9.17) is 27.4 Å². The SMILES string of the molecule is NC(=O)c1ccc(NC(=S)N2Cc3cc4c(cc3C3(CCCC3)C2)OCCO4)cc1. The van der Waals surface area contributed by atoms with Crippen molar-refractivity contribution in [3.05, 3.63) is 53.1 Å². The van der Waals surface area contributed by atoms with Gasteiger partial charge >= 0.3 is 0 Å². The molecule has 2 heterocycles. The number of amides is 1. The van der Waals surface area contributed by atoms with E-state index in [2.05, 4.69) is 22.3 Å². The number of anilines is 1. The van der Waals surface area contributed by atoms with Crippen LogP contribution in [0.15, 0.2) is 36.4 Å². The molecule has 2 aromatic rings. The first-order chi connectivity index (χ1) is 14.5. The van der Waals surface area contributed by atoms with Crippen molar-refractivity contribution in [3.63, 3.8) is 0 Å². The third-order valence-electron chi connectivity index (χ3n) is 6.46. The molecule has 0 unspecified atom stereocenters. The van der Waals surface area contributed by atoms with Gasteiger partial charge < -0.3 is 25.4 Å². The van der Waals surface area contributed by atoms with Gasteiger partial charge in [-0.3, -0.25) is 4.79 Å². The molecule has 2 aromatic carbocycles. The van der Waals surface area contributed by atoms with Crippen molar-refractivity contribution >= 4 is 28.9 Å². The van der Waals surface area contributed by atoms with Gasteiger partial charge in [0.05, 0.1) is 0 Å². The van der Waals surface area contributed by atoms with E-state index in [9.17, 15) is 4.79 Å². The van der Waals surface area contributed by atoms with Crippen LogP contribution in [-0.4, -0.2) is 35.7 Å². The maximum Gasteiger partial charge on any atom is 0.248 e. The minimum atomic E-state index is -0.436. The average molecular weight is 424 g/mol. The molecule has 3 N–H and O–H groups in total. The standard InChI is InChI=1S/C23H25N3O3S/c24-21(27)15-3-5-17(6-4-15)25-22(30)26-13-16-11-19-20(29-10-9-28-19)12-18(16)23(14-26)7-1-2-8-23/h3-6,11-12H,1-2,7-10,13-14H2,(H2,24,27)(H,25,30). The number of primary amides is 1. The monoisotopic (exact) mass is 423 g/mol. The van der Waals surface area contributed by atoms with E-state index >= 15 is 0 Å². The van der Waals surface area contributed by atoms with E-state index in [0.29, 0.717) is 23.9 Å². The Morgan fingerprint density at radius 1 is 1.07 bits per heavy atom. The van der Waals surface area contributed by atoms with Crippen LogP contribution >= 0.6 is 12.2 Å². The number of nitrogens with zero attached hydrogens (tertiary/aromatic N) is 1. The van der Waals surface area contributed by atoms with Crippen molar-refractivity contribution in [1.29, 1.82) is 0 Å². The zero-order valence-electron chi connectivity index (χ0n) is 16.8. The molecule has 1 amide bonds. The molecule has 0 aromatic heterocycles. The van der Waals surface area contributed by atoms with Crippen molar-refractivity contribution in [3.8, 4) is 11.5 Å². The first kappa shape index (κ1) is 19.2. The Bertz CT molecular complexity index is 999. The number of hydrogen-bond donors (Lipinski definition) is 2. The second-order valence-corrected chi connectivity index (χ2v) is 8.75. The predicted molar refractivity (Wildman–Crippen MR) is 119 cm³/mol. The molecular formula is C23H25N3O3S. The molecule has 7 heteroatoms. The summed E-state index contributed by atoms with van der Waals surface area (Å²) in [4.78, 5) is 13.5. The molecule has 6 nitrogen and oxygen atoms in total. The number of fused-ring (bicyclic) bond motifs is 3. The molecule has 3 aliphatic rings. The number of nitrogens with two attached hydrogens (primary N) is 1. The first-order valence-electron chi connectivity index (χ1n) is 10.4. The molecule has 0 bridgehead atoms. The maximum absolute atomic E-state index is 11.3. The van der Waals surface area contributed by atoms with Crippen LogP contribution in [0.25, 0.3) is 0 Å². The molecule has 1 fully saturated rings. The Kier molecular flexibility index (Phi) is 4.77. The summed E-state index contributed by atoms with van der Waals surface area (Å²) < 4.78 is 11.7. The zero-order chi connectivity index (χ0) is 20.7. The highest BCUT2D eigenvalue weighted by atomic mass is 32.1. The number of ether oxygens (including phenoxy) is 2. The second kappa shape index (κ2) is 7.47. The van der Waals surface area contributed by atoms with Gasteiger partial charge in [0.1, 0.15) is 13.2 Å². The summed E-state index contributed by atoms with van der Waals surface area (Å²) >= 11 is 5.78. The molecule has 2 aliphatic heterocycles. The third kappa shape index (κ3) is 3.37. The summed E-state index contributed by atoms with van der Waals surface area (Å²) in [6.45, 7) is 2.82. The minimum absolute atomic E-state index is 0.102. The molecule has 1 spiro atoms. The fourth-order valence-corrected chi connectivity index (χ4v) is 5.26. The normalized spacial score (nSPS) is 18.7. The van der Waals surface area contributed by atoms with Crippen LogP contribution in [-0.2, 0) is 12.0 Å². The number of carbonyl (C=O) groups excluding carboxylic acids is 1. The topological polar surface area (TPSA) is 76.8 Å². The van der Waals surface area contributed by atoms with Crippen LogP contribution in [0.5, 0.6) is 11.5 Å². The van der Waals surface area contributed by atoms with E-state index < -0.39 is 5.91 Å². The van der Waals surface area contributed by atoms with E-state index in [1.165, 1.54) is 24.0 Å². The number of hydrogen-bond acceptors (Lipinski definition) is 4. The van der Waals surface area contributed by atoms with Crippen LogP contribution < -0.4 is 20.5 Å². The van der Waals surface area contributed by atoms with Crippen LogP contribution in [0.3, 0.4) is 0 Å². The Labute approximate surface area is 181 Å². The molecule has 5 rings (SSSR count). The fraction of sp³-hybridized carbons (Fsp3) is 0.391.